The van der Waals surface area contributed by atoms with Crippen LogP contribution >= 0.6 is 22.7 Å². The summed E-state index contributed by atoms with van der Waals surface area (Å²) in [4.78, 5) is 23.8. The fourth-order valence-corrected chi connectivity index (χ4v) is 5.33. The Bertz CT molecular complexity index is 1380. The van der Waals surface area contributed by atoms with E-state index in [1.165, 1.54) is 39.9 Å². The van der Waals surface area contributed by atoms with E-state index in [4.69, 9.17) is 0 Å². The van der Waals surface area contributed by atoms with Gasteiger partial charge in [0.05, 0.1) is 20.8 Å². The molecule has 0 N–H and O–H groups in total. The highest BCUT2D eigenvalue weighted by Gasteiger charge is 2.17. The summed E-state index contributed by atoms with van der Waals surface area (Å²) in [6, 6.07) is 14.4. The zero-order valence-electron chi connectivity index (χ0n) is 17.1. The standard InChI is InChI=1S/C23H19N3O3S3/c1-3-14-26(22(27)13-12-21-24-18-6-4-5-7-20(18)31-21)23-25-19(15-30-23)16-8-10-17(11-9-16)32(2,28)29/h3-13,15H,1,14H2,2H3. The number of nitrogens with zero attached hydrogens (tertiary/aromatic N) is 3. The van der Waals surface area contributed by atoms with Crippen LogP contribution in [-0.4, -0.2) is 37.1 Å². The third kappa shape index (κ3) is 4.85. The van der Waals surface area contributed by atoms with E-state index in [0.717, 1.165) is 20.8 Å². The molecule has 4 rings (SSSR count). The number of carbonyl (C=O) groups excluding carboxylic acids is 1. The van der Waals surface area contributed by atoms with Crippen molar-refractivity contribution in [2.45, 2.75) is 4.90 Å². The number of aromatic nitrogens is 2. The molecule has 2 aromatic heterocycles. The van der Waals surface area contributed by atoms with Gasteiger partial charge in [0.1, 0.15) is 5.01 Å². The summed E-state index contributed by atoms with van der Waals surface area (Å²) < 4.78 is 24.4. The fraction of sp³-hybridized carbons (Fsp3) is 0.0870. The average Bonchev–Trinajstić information content (AvgIpc) is 3.42. The van der Waals surface area contributed by atoms with Crippen molar-refractivity contribution < 1.29 is 13.2 Å². The lowest BCUT2D eigenvalue weighted by molar-refractivity contribution is -0.114. The Labute approximate surface area is 194 Å². The predicted molar refractivity (Wildman–Crippen MR) is 132 cm³/mol. The molecule has 6 nitrogen and oxygen atoms in total. The number of sulfone groups is 1. The number of anilines is 1. The number of benzene rings is 2. The van der Waals surface area contributed by atoms with Gasteiger partial charge in [-0.05, 0) is 30.3 Å². The maximum Gasteiger partial charge on any atom is 0.253 e. The Morgan fingerprint density at radius 2 is 1.88 bits per heavy atom. The highest BCUT2D eigenvalue weighted by Crippen LogP contribution is 2.29. The minimum atomic E-state index is -3.26. The molecule has 0 saturated heterocycles. The van der Waals surface area contributed by atoms with Gasteiger partial charge in [0.2, 0.25) is 0 Å². The van der Waals surface area contributed by atoms with Crippen molar-refractivity contribution in [2.24, 2.45) is 0 Å². The first-order chi connectivity index (χ1) is 15.3. The first-order valence-corrected chi connectivity index (χ1v) is 13.2. The van der Waals surface area contributed by atoms with E-state index in [1.807, 2.05) is 29.6 Å². The van der Waals surface area contributed by atoms with Gasteiger partial charge in [0.15, 0.2) is 15.0 Å². The summed E-state index contributed by atoms with van der Waals surface area (Å²) >= 11 is 2.86. The van der Waals surface area contributed by atoms with Crippen molar-refractivity contribution in [3.05, 3.63) is 77.6 Å². The predicted octanol–water partition coefficient (Wildman–Crippen LogP) is 5.06. The molecular formula is C23H19N3O3S3. The van der Waals surface area contributed by atoms with Crippen molar-refractivity contribution in [2.75, 3.05) is 17.7 Å². The molecule has 2 heterocycles. The number of amides is 1. The Kier molecular flexibility index (Phi) is 6.31. The number of rotatable bonds is 7. The number of carbonyl (C=O) groups is 1. The molecule has 9 heteroatoms. The normalized spacial score (nSPS) is 11.8. The number of para-hydroxylation sites is 1. The minimum absolute atomic E-state index is 0.225. The van der Waals surface area contributed by atoms with Crippen LogP contribution in [0.15, 0.2) is 77.5 Å². The van der Waals surface area contributed by atoms with E-state index in [0.29, 0.717) is 17.4 Å². The lowest BCUT2D eigenvalue weighted by Crippen LogP contribution is -2.29. The minimum Gasteiger partial charge on any atom is -0.281 e. The molecule has 0 spiro atoms. The van der Waals surface area contributed by atoms with E-state index < -0.39 is 9.84 Å². The molecule has 0 unspecified atom stereocenters. The zero-order chi connectivity index (χ0) is 22.7. The van der Waals surface area contributed by atoms with E-state index in [9.17, 15) is 13.2 Å². The van der Waals surface area contributed by atoms with Gasteiger partial charge in [-0.25, -0.2) is 18.4 Å². The third-order valence-electron chi connectivity index (χ3n) is 4.56. The van der Waals surface area contributed by atoms with Crippen LogP contribution in [-0.2, 0) is 14.6 Å². The smallest absolute Gasteiger partial charge is 0.253 e. The highest BCUT2D eigenvalue weighted by atomic mass is 32.2. The number of hydrogen-bond donors (Lipinski definition) is 0. The van der Waals surface area contributed by atoms with Crippen LogP contribution in [0.5, 0.6) is 0 Å². The van der Waals surface area contributed by atoms with Crippen molar-refractivity contribution >= 4 is 59.8 Å². The van der Waals surface area contributed by atoms with Crippen LogP contribution in [0.2, 0.25) is 0 Å². The molecule has 0 bridgehead atoms. The maximum atomic E-state index is 12.9. The van der Waals surface area contributed by atoms with Gasteiger partial charge < -0.3 is 0 Å². The molecule has 2 aromatic carbocycles. The van der Waals surface area contributed by atoms with E-state index in [-0.39, 0.29) is 10.8 Å². The Morgan fingerprint density at radius 1 is 1.12 bits per heavy atom. The molecule has 0 radical (unpaired) electrons. The molecule has 0 atom stereocenters. The second kappa shape index (κ2) is 9.15. The zero-order valence-corrected chi connectivity index (χ0v) is 19.6. The van der Waals surface area contributed by atoms with Crippen molar-refractivity contribution in [1.29, 1.82) is 0 Å². The van der Waals surface area contributed by atoms with Crippen LogP contribution in [0.1, 0.15) is 5.01 Å². The van der Waals surface area contributed by atoms with Crippen LogP contribution in [0.3, 0.4) is 0 Å². The molecule has 0 aliphatic heterocycles. The van der Waals surface area contributed by atoms with Crippen LogP contribution < -0.4 is 4.90 Å². The molecule has 32 heavy (non-hydrogen) atoms. The largest absolute Gasteiger partial charge is 0.281 e. The molecule has 162 valence electrons. The van der Waals surface area contributed by atoms with E-state index in [2.05, 4.69) is 16.5 Å². The summed E-state index contributed by atoms with van der Waals surface area (Å²) in [7, 11) is -3.26. The lowest BCUT2D eigenvalue weighted by atomic mass is 10.2. The van der Waals surface area contributed by atoms with Crippen molar-refractivity contribution in [3.8, 4) is 11.3 Å². The molecule has 0 aliphatic carbocycles. The fourth-order valence-electron chi connectivity index (χ4n) is 2.98. The Balaban J connectivity index is 1.55. The Hall–Kier alpha value is -3.14. The van der Waals surface area contributed by atoms with Crippen molar-refractivity contribution in [1.82, 2.24) is 9.97 Å². The molecular weight excluding hydrogens is 462 g/mol. The quantitative estimate of drug-likeness (QED) is 0.272. The van der Waals surface area contributed by atoms with E-state index >= 15 is 0 Å². The third-order valence-corrected chi connectivity index (χ3v) is 7.55. The summed E-state index contributed by atoms with van der Waals surface area (Å²) in [5, 5.41) is 3.13. The maximum absolute atomic E-state index is 12.9. The molecule has 4 aromatic rings. The topological polar surface area (TPSA) is 80.2 Å². The summed E-state index contributed by atoms with van der Waals surface area (Å²) in [6.45, 7) is 4.05. The van der Waals surface area contributed by atoms with Gasteiger partial charge in [-0.3, -0.25) is 9.69 Å². The molecule has 1 amide bonds. The number of fused-ring (bicyclic) bond motifs is 1. The monoisotopic (exact) mass is 481 g/mol. The second-order valence-electron chi connectivity index (χ2n) is 6.90. The SMILES string of the molecule is C=CCN(C(=O)C=Cc1nc2ccccc2s1)c1nc(-c2ccc(S(C)(=O)=O)cc2)cs1. The number of hydrogen-bond acceptors (Lipinski definition) is 7. The van der Waals surface area contributed by atoms with Gasteiger partial charge in [0, 0.05) is 29.8 Å². The van der Waals surface area contributed by atoms with Gasteiger partial charge in [0.25, 0.3) is 5.91 Å². The van der Waals surface area contributed by atoms with E-state index in [1.54, 1.807) is 36.4 Å². The van der Waals surface area contributed by atoms with Gasteiger partial charge in [-0.1, -0.05) is 30.3 Å². The highest BCUT2D eigenvalue weighted by molar-refractivity contribution is 7.90. The van der Waals surface area contributed by atoms with Gasteiger partial charge in [-0.2, -0.15) is 0 Å². The lowest BCUT2D eigenvalue weighted by Gasteiger charge is -2.15. The number of thiazole rings is 2. The van der Waals surface area contributed by atoms with Gasteiger partial charge in [-0.15, -0.1) is 29.3 Å². The summed E-state index contributed by atoms with van der Waals surface area (Å²) in [6.07, 6.45) is 6.01. The summed E-state index contributed by atoms with van der Waals surface area (Å²) in [5.41, 5.74) is 2.34. The Morgan fingerprint density at radius 3 is 2.56 bits per heavy atom. The van der Waals surface area contributed by atoms with Crippen LogP contribution in [0.4, 0.5) is 5.13 Å². The molecule has 0 aliphatic rings. The molecule has 0 fully saturated rings. The van der Waals surface area contributed by atoms with Gasteiger partial charge >= 0.3 is 0 Å². The molecule has 0 saturated carbocycles. The first-order valence-electron chi connectivity index (χ1n) is 9.57. The average molecular weight is 482 g/mol. The van der Waals surface area contributed by atoms with Crippen LogP contribution in [0, 0.1) is 0 Å². The summed E-state index contributed by atoms with van der Waals surface area (Å²) in [5.74, 6) is -0.225. The van der Waals surface area contributed by atoms with Crippen molar-refractivity contribution in [3.63, 3.8) is 0 Å². The second-order valence-corrected chi connectivity index (χ2v) is 10.8. The van der Waals surface area contributed by atoms with Crippen LogP contribution in [0.25, 0.3) is 27.6 Å². The first kappa shape index (κ1) is 22.1.